The van der Waals surface area contributed by atoms with Gasteiger partial charge in [0.1, 0.15) is 0 Å². The van der Waals surface area contributed by atoms with Gasteiger partial charge in [0.2, 0.25) is 5.91 Å². The van der Waals surface area contributed by atoms with Gasteiger partial charge in [-0.15, -0.1) is 0 Å². The number of anilines is 1. The Morgan fingerprint density at radius 2 is 1.89 bits per heavy atom. The molecule has 1 fully saturated rings. The van der Waals surface area contributed by atoms with Gasteiger partial charge in [-0.3, -0.25) is 4.79 Å². The standard InChI is InChI=1S/C16H24N2O/c1-12-7-9-15(10-8-12)17-11-14-5-3-4-6-16(14)18-13(2)19/h3-6,12,15,17H,7-11H2,1-2H3,(H,18,19). The number of carbonyl (C=O) groups excluding carboxylic acids is 1. The summed E-state index contributed by atoms with van der Waals surface area (Å²) in [5, 5.41) is 6.51. The zero-order valence-electron chi connectivity index (χ0n) is 11.9. The predicted octanol–water partition coefficient (Wildman–Crippen LogP) is 3.31. The van der Waals surface area contributed by atoms with E-state index in [0.29, 0.717) is 6.04 Å². The van der Waals surface area contributed by atoms with Gasteiger partial charge < -0.3 is 10.6 Å². The lowest BCUT2D eigenvalue weighted by Gasteiger charge is -2.27. The molecule has 2 rings (SSSR count). The van der Waals surface area contributed by atoms with E-state index in [0.717, 1.165) is 23.7 Å². The third kappa shape index (κ3) is 4.35. The van der Waals surface area contributed by atoms with E-state index in [9.17, 15) is 4.79 Å². The summed E-state index contributed by atoms with van der Waals surface area (Å²) in [5.41, 5.74) is 2.09. The van der Waals surface area contributed by atoms with E-state index in [1.807, 2.05) is 18.2 Å². The van der Waals surface area contributed by atoms with Gasteiger partial charge in [0.25, 0.3) is 0 Å². The molecular weight excluding hydrogens is 236 g/mol. The van der Waals surface area contributed by atoms with Gasteiger partial charge >= 0.3 is 0 Å². The first-order chi connectivity index (χ1) is 9.15. The van der Waals surface area contributed by atoms with Crippen molar-refractivity contribution in [1.29, 1.82) is 0 Å². The van der Waals surface area contributed by atoms with Gasteiger partial charge in [-0.25, -0.2) is 0 Å². The fraction of sp³-hybridized carbons (Fsp3) is 0.562. The molecular formula is C16H24N2O. The van der Waals surface area contributed by atoms with Crippen molar-refractivity contribution in [1.82, 2.24) is 5.32 Å². The van der Waals surface area contributed by atoms with Crippen LogP contribution in [0.2, 0.25) is 0 Å². The Labute approximate surface area is 115 Å². The van der Waals surface area contributed by atoms with Crippen LogP contribution in [0.25, 0.3) is 0 Å². The van der Waals surface area contributed by atoms with Crippen LogP contribution in [0.5, 0.6) is 0 Å². The predicted molar refractivity (Wildman–Crippen MR) is 79.0 cm³/mol. The molecule has 0 radical (unpaired) electrons. The Morgan fingerprint density at radius 1 is 1.21 bits per heavy atom. The maximum absolute atomic E-state index is 11.2. The number of hydrogen-bond donors (Lipinski definition) is 2. The molecule has 0 spiro atoms. The van der Waals surface area contributed by atoms with Crippen LogP contribution in [0.15, 0.2) is 24.3 Å². The average molecular weight is 260 g/mol. The van der Waals surface area contributed by atoms with Crippen molar-refractivity contribution < 1.29 is 4.79 Å². The molecule has 0 bridgehead atoms. The second-order valence-electron chi connectivity index (χ2n) is 5.68. The lowest BCUT2D eigenvalue weighted by molar-refractivity contribution is -0.114. The minimum Gasteiger partial charge on any atom is -0.326 e. The quantitative estimate of drug-likeness (QED) is 0.872. The highest BCUT2D eigenvalue weighted by Gasteiger charge is 2.17. The molecule has 0 atom stereocenters. The average Bonchev–Trinajstić information content (AvgIpc) is 2.39. The van der Waals surface area contributed by atoms with Crippen LogP contribution in [-0.2, 0) is 11.3 Å². The summed E-state index contributed by atoms with van der Waals surface area (Å²) >= 11 is 0. The van der Waals surface area contributed by atoms with Gasteiger partial charge in [0.05, 0.1) is 0 Å². The van der Waals surface area contributed by atoms with E-state index in [2.05, 4.69) is 23.6 Å². The van der Waals surface area contributed by atoms with Crippen molar-refractivity contribution in [2.45, 2.75) is 52.1 Å². The summed E-state index contributed by atoms with van der Waals surface area (Å²) in [6, 6.07) is 8.63. The zero-order valence-corrected chi connectivity index (χ0v) is 11.9. The molecule has 3 nitrogen and oxygen atoms in total. The van der Waals surface area contributed by atoms with Crippen molar-refractivity contribution in [2.75, 3.05) is 5.32 Å². The van der Waals surface area contributed by atoms with Crippen molar-refractivity contribution >= 4 is 11.6 Å². The number of carbonyl (C=O) groups is 1. The maximum atomic E-state index is 11.2. The zero-order chi connectivity index (χ0) is 13.7. The monoisotopic (exact) mass is 260 g/mol. The molecule has 0 heterocycles. The first-order valence-electron chi connectivity index (χ1n) is 7.24. The number of para-hydroxylation sites is 1. The molecule has 0 saturated heterocycles. The lowest BCUT2D eigenvalue weighted by atomic mass is 9.87. The summed E-state index contributed by atoms with van der Waals surface area (Å²) in [6.45, 7) is 4.71. The number of nitrogens with one attached hydrogen (secondary N) is 2. The highest BCUT2D eigenvalue weighted by molar-refractivity contribution is 5.89. The van der Waals surface area contributed by atoms with E-state index < -0.39 is 0 Å². The van der Waals surface area contributed by atoms with Crippen molar-refractivity contribution in [2.24, 2.45) is 5.92 Å². The summed E-state index contributed by atoms with van der Waals surface area (Å²) in [5.74, 6) is 0.864. The summed E-state index contributed by atoms with van der Waals surface area (Å²) in [6.07, 6.45) is 5.18. The molecule has 0 unspecified atom stereocenters. The molecule has 0 aliphatic heterocycles. The molecule has 1 aliphatic rings. The Kier molecular flexibility index (Phi) is 4.97. The first kappa shape index (κ1) is 14.1. The van der Waals surface area contributed by atoms with Crippen LogP contribution in [0.1, 0.15) is 45.1 Å². The molecule has 1 amide bonds. The highest BCUT2D eigenvalue weighted by atomic mass is 16.1. The first-order valence-corrected chi connectivity index (χ1v) is 7.24. The third-order valence-corrected chi connectivity index (χ3v) is 3.93. The van der Waals surface area contributed by atoms with Crippen LogP contribution >= 0.6 is 0 Å². The van der Waals surface area contributed by atoms with Gasteiger partial charge in [-0.2, -0.15) is 0 Å². The van der Waals surface area contributed by atoms with Gasteiger partial charge in [0, 0.05) is 25.2 Å². The second-order valence-corrected chi connectivity index (χ2v) is 5.68. The van der Waals surface area contributed by atoms with Crippen LogP contribution < -0.4 is 10.6 Å². The van der Waals surface area contributed by atoms with E-state index in [1.165, 1.54) is 25.7 Å². The van der Waals surface area contributed by atoms with Crippen LogP contribution in [-0.4, -0.2) is 11.9 Å². The molecule has 0 aromatic heterocycles. The van der Waals surface area contributed by atoms with Crippen molar-refractivity contribution in [3.63, 3.8) is 0 Å². The van der Waals surface area contributed by atoms with Crippen LogP contribution in [0.4, 0.5) is 5.69 Å². The topological polar surface area (TPSA) is 41.1 Å². The molecule has 2 N–H and O–H groups in total. The Morgan fingerprint density at radius 3 is 2.58 bits per heavy atom. The second kappa shape index (κ2) is 6.71. The molecule has 1 saturated carbocycles. The van der Waals surface area contributed by atoms with Gasteiger partial charge in [-0.1, -0.05) is 25.1 Å². The molecule has 104 valence electrons. The smallest absolute Gasteiger partial charge is 0.221 e. The molecule has 1 aromatic rings. The van der Waals surface area contributed by atoms with Crippen LogP contribution in [0, 0.1) is 5.92 Å². The van der Waals surface area contributed by atoms with Crippen molar-refractivity contribution in [3.05, 3.63) is 29.8 Å². The number of rotatable bonds is 4. The summed E-state index contributed by atoms with van der Waals surface area (Å²) in [4.78, 5) is 11.2. The van der Waals surface area contributed by atoms with Crippen LogP contribution in [0.3, 0.4) is 0 Å². The van der Waals surface area contributed by atoms with Crippen molar-refractivity contribution in [3.8, 4) is 0 Å². The molecule has 3 heteroatoms. The SMILES string of the molecule is CC(=O)Nc1ccccc1CNC1CCC(C)CC1. The molecule has 1 aliphatic carbocycles. The maximum Gasteiger partial charge on any atom is 0.221 e. The van der Waals surface area contributed by atoms with Gasteiger partial charge in [0.15, 0.2) is 0 Å². The Balaban J connectivity index is 1.90. The fourth-order valence-electron chi connectivity index (χ4n) is 2.70. The van der Waals surface area contributed by atoms with Gasteiger partial charge in [-0.05, 0) is 43.2 Å². The summed E-state index contributed by atoms with van der Waals surface area (Å²) < 4.78 is 0. The minimum atomic E-state index is -0.0149. The molecule has 1 aromatic carbocycles. The van der Waals surface area contributed by atoms with E-state index in [-0.39, 0.29) is 5.91 Å². The fourth-order valence-corrected chi connectivity index (χ4v) is 2.70. The van der Waals surface area contributed by atoms with E-state index in [1.54, 1.807) is 6.92 Å². The Hall–Kier alpha value is -1.35. The number of benzene rings is 1. The number of amides is 1. The molecule has 19 heavy (non-hydrogen) atoms. The minimum absolute atomic E-state index is 0.0149. The summed E-state index contributed by atoms with van der Waals surface area (Å²) in [7, 11) is 0. The largest absolute Gasteiger partial charge is 0.326 e. The number of hydrogen-bond acceptors (Lipinski definition) is 2. The lowest BCUT2D eigenvalue weighted by Crippen LogP contribution is -2.32. The normalized spacial score (nSPS) is 23.1. The highest BCUT2D eigenvalue weighted by Crippen LogP contribution is 2.24. The van der Waals surface area contributed by atoms with E-state index in [4.69, 9.17) is 0 Å². The third-order valence-electron chi connectivity index (χ3n) is 3.93. The van der Waals surface area contributed by atoms with E-state index >= 15 is 0 Å². The Bertz CT molecular complexity index is 423.